The summed E-state index contributed by atoms with van der Waals surface area (Å²) in [6.45, 7) is 3.03. The van der Waals surface area contributed by atoms with Crippen molar-refractivity contribution in [3.8, 4) is 0 Å². The summed E-state index contributed by atoms with van der Waals surface area (Å²) in [4.78, 5) is 23.1. The van der Waals surface area contributed by atoms with Gasteiger partial charge in [-0.15, -0.1) is 0 Å². The van der Waals surface area contributed by atoms with Gasteiger partial charge in [-0.1, -0.05) is 0 Å². The largest absolute Gasteiger partial charge is 0.477 e. The molecule has 108 valence electrons. The monoisotopic (exact) mass is 280 g/mol. The smallest absolute Gasteiger partial charge is 0.342 e. The summed E-state index contributed by atoms with van der Waals surface area (Å²) in [5, 5.41) is 29.4. The second-order valence-corrected chi connectivity index (χ2v) is 5.00. The molecule has 1 fully saturated rings. The Morgan fingerprint density at radius 1 is 1.55 bits per heavy atom. The Morgan fingerprint density at radius 3 is 2.75 bits per heavy atom. The van der Waals surface area contributed by atoms with Crippen molar-refractivity contribution in [1.82, 2.24) is 0 Å². The number of nitro groups is 1. The number of benzene rings is 1. The predicted molar refractivity (Wildman–Crippen MR) is 72.1 cm³/mol. The molecule has 1 aromatic rings. The van der Waals surface area contributed by atoms with Crippen LogP contribution in [0.2, 0.25) is 0 Å². The molecule has 0 spiro atoms. The first-order valence-corrected chi connectivity index (χ1v) is 6.35. The average Bonchev–Trinajstić information content (AvgIpc) is 2.87. The maximum atomic E-state index is 10.9. The van der Waals surface area contributed by atoms with E-state index < -0.39 is 22.7 Å². The van der Waals surface area contributed by atoms with E-state index in [-0.39, 0.29) is 11.5 Å². The zero-order chi connectivity index (χ0) is 14.9. The number of anilines is 1. The number of carboxylic acids is 1. The van der Waals surface area contributed by atoms with Crippen LogP contribution in [0.5, 0.6) is 0 Å². The minimum Gasteiger partial charge on any atom is -0.477 e. The fraction of sp³-hybridized carbons (Fsp3) is 0.462. The number of carboxylic acid groups (broad SMARTS) is 1. The molecule has 2 unspecified atom stereocenters. The molecule has 0 amide bonds. The third-order valence-corrected chi connectivity index (χ3v) is 3.68. The molecular formula is C13H16N2O5. The third kappa shape index (κ3) is 2.72. The second kappa shape index (κ2) is 5.46. The number of carbonyl (C=O) groups is 1. The lowest BCUT2D eigenvalue weighted by atomic mass is 10.0. The summed E-state index contributed by atoms with van der Waals surface area (Å²) in [7, 11) is 0. The molecule has 7 nitrogen and oxygen atoms in total. The molecule has 0 aliphatic carbocycles. The van der Waals surface area contributed by atoms with E-state index in [0.29, 0.717) is 18.8 Å². The Kier molecular flexibility index (Phi) is 3.89. The zero-order valence-electron chi connectivity index (χ0n) is 11.0. The molecule has 2 rings (SSSR count). The Bertz CT molecular complexity index is 544. The summed E-state index contributed by atoms with van der Waals surface area (Å²) in [6.07, 6.45) is 0.389. The molecule has 2 N–H and O–H groups in total. The topological polar surface area (TPSA) is 104 Å². The van der Waals surface area contributed by atoms with Crippen LogP contribution in [0.1, 0.15) is 23.7 Å². The molecule has 1 saturated heterocycles. The molecule has 0 aromatic heterocycles. The predicted octanol–water partition coefficient (Wildman–Crippen LogP) is 1.50. The number of aliphatic hydroxyl groups excluding tert-OH is 1. The fourth-order valence-corrected chi connectivity index (χ4v) is 2.46. The molecule has 0 radical (unpaired) electrons. The molecule has 7 heteroatoms. The lowest BCUT2D eigenvalue weighted by Crippen LogP contribution is -2.24. The first kappa shape index (κ1) is 14.3. The van der Waals surface area contributed by atoms with Crippen molar-refractivity contribution in [3.63, 3.8) is 0 Å². The number of nitro benzene ring substituents is 1. The van der Waals surface area contributed by atoms with Gasteiger partial charge in [0, 0.05) is 30.8 Å². The molecule has 1 aliphatic heterocycles. The number of rotatable bonds is 4. The van der Waals surface area contributed by atoms with Gasteiger partial charge in [0.15, 0.2) is 0 Å². The van der Waals surface area contributed by atoms with Gasteiger partial charge < -0.3 is 15.1 Å². The number of aliphatic hydroxyl groups is 1. The van der Waals surface area contributed by atoms with Crippen molar-refractivity contribution in [2.75, 3.05) is 18.0 Å². The Hall–Kier alpha value is -2.15. The molecule has 0 saturated carbocycles. The van der Waals surface area contributed by atoms with Crippen LogP contribution in [0, 0.1) is 16.0 Å². The van der Waals surface area contributed by atoms with Crippen LogP contribution in [0.15, 0.2) is 18.2 Å². The van der Waals surface area contributed by atoms with E-state index in [2.05, 4.69) is 0 Å². The van der Waals surface area contributed by atoms with Gasteiger partial charge in [0.2, 0.25) is 0 Å². The number of hydrogen-bond acceptors (Lipinski definition) is 5. The van der Waals surface area contributed by atoms with Crippen LogP contribution in [0.4, 0.5) is 11.4 Å². The molecule has 1 heterocycles. The van der Waals surface area contributed by atoms with E-state index in [9.17, 15) is 20.0 Å². The van der Waals surface area contributed by atoms with Gasteiger partial charge in [-0.3, -0.25) is 10.1 Å². The standard InChI is InChI=1S/C13H16N2O5/c1-8(16)9-4-5-14(7-9)10-2-3-11(13(17)18)12(6-10)15(19)20/h2-3,6,8-9,16H,4-5,7H2,1H3,(H,17,18). The van der Waals surface area contributed by atoms with Crippen molar-refractivity contribution in [2.45, 2.75) is 19.4 Å². The summed E-state index contributed by atoms with van der Waals surface area (Å²) in [5.41, 5.74) is -0.106. The Balaban J connectivity index is 2.28. The van der Waals surface area contributed by atoms with Crippen molar-refractivity contribution >= 4 is 17.3 Å². The molecule has 1 aromatic carbocycles. The lowest BCUT2D eigenvalue weighted by molar-refractivity contribution is -0.385. The van der Waals surface area contributed by atoms with Gasteiger partial charge in [0.25, 0.3) is 5.69 Å². The van der Waals surface area contributed by atoms with Gasteiger partial charge in [0.1, 0.15) is 5.56 Å². The lowest BCUT2D eigenvalue weighted by Gasteiger charge is -2.19. The van der Waals surface area contributed by atoms with Gasteiger partial charge >= 0.3 is 5.97 Å². The molecular weight excluding hydrogens is 264 g/mol. The van der Waals surface area contributed by atoms with Crippen molar-refractivity contribution in [1.29, 1.82) is 0 Å². The molecule has 0 bridgehead atoms. The molecule has 2 atom stereocenters. The highest BCUT2D eigenvalue weighted by molar-refractivity contribution is 5.93. The second-order valence-electron chi connectivity index (χ2n) is 5.00. The first-order chi connectivity index (χ1) is 9.40. The summed E-state index contributed by atoms with van der Waals surface area (Å²) >= 11 is 0. The fourth-order valence-electron chi connectivity index (χ4n) is 2.46. The van der Waals surface area contributed by atoms with Crippen LogP contribution >= 0.6 is 0 Å². The van der Waals surface area contributed by atoms with E-state index in [0.717, 1.165) is 6.42 Å². The van der Waals surface area contributed by atoms with Crippen LogP contribution in [0.25, 0.3) is 0 Å². The maximum absolute atomic E-state index is 10.9. The van der Waals surface area contributed by atoms with E-state index in [1.165, 1.54) is 12.1 Å². The quantitative estimate of drug-likeness (QED) is 0.639. The van der Waals surface area contributed by atoms with Gasteiger partial charge in [0.05, 0.1) is 11.0 Å². The number of hydrogen-bond donors (Lipinski definition) is 2. The molecule has 20 heavy (non-hydrogen) atoms. The van der Waals surface area contributed by atoms with Gasteiger partial charge in [-0.2, -0.15) is 0 Å². The van der Waals surface area contributed by atoms with Crippen molar-refractivity contribution < 1.29 is 19.9 Å². The summed E-state index contributed by atoms with van der Waals surface area (Å²) in [6, 6.07) is 4.11. The highest BCUT2D eigenvalue weighted by atomic mass is 16.6. The average molecular weight is 280 g/mol. The molecule has 1 aliphatic rings. The zero-order valence-corrected chi connectivity index (χ0v) is 11.0. The van der Waals surface area contributed by atoms with Gasteiger partial charge in [-0.25, -0.2) is 4.79 Å². The minimum atomic E-state index is -1.31. The number of nitrogens with zero attached hydrogens (tertiary/aromatic N) is 2. The van der Waals surface area contributed by atoms with Crippen LogP contribution < -0.4 is 4.90 Å². The third-order valence-electron chi connectivity index (χ3n) is 3.68. The maximum Gasteiger partial charge on any atom is 0.342 e. The Labute approximate surface area is 115 Å². The normalized spacial score (nSPS) is 19.9. The highest BCUT2D eigenvalue weighted by Gasteiger charge is 2.28. The van der Waals surface area contributed by atoms with Crippen molar-refractivity contribution in [3.05, 3.63) is 33.9 Å². The number of aromatic carboxylic acids is 1. The van der Waals surface area contributed by atoms with E-state index >= 15 is 0 Å². The van der Waals surface area contributed by atoms with E-state index in [1.54, 1.807) is 13.0 Å². The Morgan fingerprint density at radius 2 is 2.25 bits per heavy atom. The minimum absolute atomic E-state index is 0.133. The van der Waals surface area contributed by atoms with Crippen LogP contribution in [-0.4, -0.2) is 40.3 Å². The van der Waals surface area contributed by atoms with E-state index in [1.807, 2.05) is 4.90 Å². The van der Waals surface area contributed by atoms with Crippen LogP contribution in [-0.2, 0) is 0 Å². The van der Waals surface area contributed by atoms with Crippen molar-refractivity contribution in [2.24, 2.45) is 5.92 Å². The highest BCUT2D eigenvalue weighted by Crippen LogP contribution is 2.30. The van der Waals surface area contributed by atoms with Crippen LogP contribution in [0.3, 0.4) is 0 Å². The van der Waals surface area contributed by atoms with E-state index in [4.69, 9.17) is 5.11 Å². The summed E-state index contributed by atoms with van der Waals surface area (Å²) in [5.74, 6) is -1.18. The summed E-state index contributed by atoms with van der Waals surface area (Å²) < 4.78 is 0. The SMILES string of the molecule is CC(O)C1CCN(c2ccc(C(=O)O)c([N+](=O)[O-])c2)C1. The first-order valence-electron chi connectivity index (χ1n) is 6.35. The van der Waals surface area contributed by atoms with Gasteiger partial charge in [-0.05, 0) is 25.5 Å².